The molecule has 0 aliphatic heterocycles. The van der Waals surface area contributed by atoms with E-state index in [0.29, 0.717) is 6.10 Å². The normalized spacial score (nSPS) is 32.2. The van der Waals surface area contributed by atoms with Crippen molar-refractivity contribution in [3.05, 3.63) is 24.0 Å². The third-order valence-corrected chi connectivity index (χ3v) is 2.22. The van der Waals surface area contributed by atoms with Gasteiger partial charge >= 0.3 is 0 Å². The quantitative estimate of drug-likeness (QED) is 0.685. The molecule has 2 rings (SSSR count). The molecule has 3 heteroatoms. The summed E-state index contributed by atoms with van der Waals surface area (Å²) in [4.78, 5) is 0. The molecule has 0 radical (unpaired) electrons. The van der Waals surface area contributed by atoms with Crippen molar-refractivity contribution in [1.82, 2.24) is 0 Å². The number of rotatable bonds is 2. The highest BCUT2D eigenvalue weighted by Crippen LogP contribution is 2.28. The van der Waals surface area contributed by atoms with Crippen molar-refractivity contribution in [2.75, 3.05) is 0 Å². The predicted octanol–water partition coefficient (Wildman–Crippen LogP) is 1.09. The van der Waals surface area contributed by atoms with Crippen LogP contribution in [0.2, 0.25) is 0 Å². The predicted molar refractivity (Wildman–Crippen MR) is 48.4 cm³/mol. The number of nitrogens with two attached hydrogens (primary N) is 1. The summed E-state index contributed by atoms with van der Waals surface area (Å²) in [7, 11) is 0. The molecule has 0 amide bonds. The van der Waals surface area contributed by atoms with Gasteiger partial charge in [0, 0.05) is 6.04 Å². The van der Waals surface area contributed by atoms with Crippen LogP contribution in [0, 0.1) is 17.2 Å². The van der Waals surface area contributed by atoms with Gasteiger partial charge in [-0.2, -0.15) is 5.26 Å². The first kappa shape index (κ1) is 8.33. The fourth-order valence-corrected chi connectivity index (χ4v) is 1.25. The maximum absolute atomic E-state index is 8.76. The monoisotopic (exact) mass is 176 g/mol. The van der Waals surface area contributed by atoms with Crippen LogP contribution in [0.4, 0.5) is 0 Å². The van der Waals surface area contributed by atoms with Crippen LogP contribution in [-0.4, -0.2) is 12.1 Å². The summed E-state index contributed by atoms with van der Waals surface area (Å²) in [6.07, 6.45) is 8.14. The van der Waals surface area contributed by atoms with Gasteiger partial charge in [-0.25, -0.2) is 0 Å². The average Bonchev–Trinajstić information content (AvgIpc) is 2.92. The van der Waals surface area contributed by atoms with Gasteiger partial charge < -0.3 is 10.5 Å². The minimum absolute atomic E-state index is 0.184. The Balaban J connectivity index is 2.03. The Hall–Kier alpha value is -1.27. The highest BCUT2D eigenvalue weighted by molar-refractivity contribution is 5.26. The van der Waals surface area contributed by atoms with Crippen LogP contribution in [0.5, 0.6) is 0 Å². The summed E-state index contributed by atoms with van der Waals surface area (Å²) in [5.74, 6) is 0.564. The molecule has 0 aromatic rings. The van der Waals surface area contributed by atoms with Crippen molar-refractivity contribution in [2.45, 2.75) is 25.0 Å². The number of allylic oxidation sites excluding steroid dienone is 1. The molecule has 0 heterocycles. The molecule has 0 saturated heterocycles. The second-order valence-corrected chi connectivity index (χ2v) is 3.48. The van der Waals surface area contributed by atoms with Crippen molar-refractivity contribution in [2.24, 2.45) is 11.7 Å². The smallest absolute Gasteiger partial charge is 0.116 e. The summed E-state index contributed by atoms with van der Waals surface area (Å²) < 4.78 is 5.55. The van der Waals surface area contributed by atoms with Gasteiger partial charge in [-0.05, 0) is 25.0 Å². The molecule has 2 N–H and O–H groups in total. The molecule has 0 aromatic heterocycles. The van der Waals surface area contributed by atoms with Gasteiger partial charge in [-0.1, -0.05) is 6.08 Å². The summed E-state index contributed by atoms with van der Waals surface area (Å²) in [6.45, 7) is 0. The van der Waals surface area contributed by atoms with Crippen molar-refractivity contribution in [3.8, 4) is 6.07 Å². The first-order chi connectivity index (χ1) is 6.29. The molecule has 2 atom stereocenters. The fourth-order valence-electron chi connectivity index (χ4n) is 1.25. The Kier molecular flexibility index (Phi) is 2.07. The van der Waals surface area contributed by atoms with Crippen LogP contribution in [-0.2, 0) is 4.74 Å². The van der Waals surface area contributed by atoms with Gasteiger partial charge in [0.05, 0.1) is 18.1 Å². The standard InChI is InChI=1S/C10H12N2O/c11-6-7-5-9(3-4-10(7)12)13-8-1-2-8/h3-5,7-8,10H,1-2,12H2. The van der Waals surface area contributed by atoms with Crippen molar-refractivity contribution < 1.29 is 4.74 Å². The van der Waals surface area contributed by atoms with E-state index >= 15 is 0 Å². The van der Waals surface area contributed by atoms with Crippen molar-refractivity contribution >= 4 is 0 Å². The number of hydrogen-bond donors (Lipinski definition) is 1. The van der Waals surface area contributed by atoms with E-state index in [1.807, 2.05) is 18.2 Å². The van der Waals surface area contributed by atoms with Gasteiger partial charge in [0.1, 0.15) is 5.76 Å². The second-order valence-electron chi connectivity index (χ2n) is 3.48. The fraction of sp³-hybridized carbons (Fsp3) is 0.500. The zero-order valence-electron chi connectivity index (χ0n) is 7.31. The highest BCUT2D eigenvalue weighted by atomic mass is 16.5. The number of nitriles is 1. The lowest BCUT2D eigenvalue weighted by molar-refractivity contribution is 0.205. The summed E-state index contributed by atoms with van der Waals surface area (Å²) in [5, 5.41) is 8.76. The molecule has 68 valence electrons. The molecule has 2 aliphatic carbocycles. The van der Waals surface area contributed by atoms with Crippen LogP contribution in [0.15, 0.2) is 24.0 Å². The van der Waals surface area contributed by atoms with E-state index in [1.54, 1.807) is 0 Å². The number of ether oxygens (including phenoxy) is 1. The van der Waals surface area contributed by atoms with E-state index in [9.17, 15) is 0 Å². The van der Waals surface area contributed by atoms with Crippen molar-refractivity contribution in [1.29, 1.82) is 5.26 Å². The molecule has 0 spiro atoms. The molecule has 2 aliphatic rings. The largest absolute Gasteiger partial charge is 0.491 e. The van der Waals surface area contributed by atoms with E-state index in [-0.39, 0.29) is 12.0 Å². The summed E-state index contributed by atoms with van der Waals surface area (Å²) in [6, 6.07) is 1.96. The zero-order chi connectivity index (χ0) is 9.26. The van der Waals surface area contributed by atoms with E-state index in [0.717, 1.165) is 18.6 Å². The molecule has 1 fully saturated rings. The zero-order valence-corrected chi connectivity index (χ0v) is 7.31. The third kappa shape index (κ3) is 1.90. The van der Waals surface area contributed by atoms with Gasteiger partial charge in [-0.3, -0.25) is 0 Å². The molecular weight excluding hydrogens is 164 g/mol. The lowest BCUT2D eigenvalue weighted by Crippen LogP contribution is -2.27. The SMILES string of the molecule is N#CC1C=C(OC2CC2)C=CC1N. The Morgan fingerprint density at radius 1 is 1.54 bits per heavy atom. The molecule has 1 saturated carbocycles. The Labute approximate surface area is 77.5 Å². The molecule has 0 bridgehead atoms. The molecular formula is C10H12N2O. The van der Waals surface area contributed by atoms with Gasteiger partial charge in [0.2, 0.25) is 0 Å². The molecule has 0 aromatic carbocycles. The van der Waals surface area contributed by atoms with Crippen LogP contribution in [0.25, 0.3) is 0 Å². The van der Waals surface area contributed by atoms with E-state index in [4.69, 9.17) is 15.7 Å². The van der Waals surface area contributed by atoms with Gasteiger partial charge in [-0.15, -0.1) is 0 Å². The highest BCUT2D eigenvalue weighted by Gasteiger charge is 2.25. The topological polar surface area (TPSA) is 59.0 Å². The number of hydrogen-bond acceptors (Lipinski definition) is 3. The summed E-state index contributed by atoms with van der Waals surface area (Å²) in [5.41, 5.74) is 5.69. The van der Waals surface area contributed by atoms with Crippen LogP contribution in [0.3, 0.4) is 0 Å². The van der Waals surface area contributed by atoms with Crippen LogP contribution >= 0.6 is 0 Å². The van der Waals surface area contributed by atoms with E-state index in [2.05, 4.69) is 6.07 Å². The first-order valence-corrected chi connectivity index (χ1v) is 4.51. The van der Waals surface area contributed by atoms with E-state index < -0.39 is 0 Å². The van der Waals surface area contributed by atoms with Gasteiger partial charge in [0.25, 0.3) is 0 Å². The minimum Gasteiger partial charge on any atom is -0.491 e. The number of nitrogens with zero attached hydrogens (tertiary/aromatic N) is 1. The lowest BCUT2D eigenvalue weighted by Gasteiger charge is -2.17. The van der Waals surface area contributed by atoms with Gasteiger partial charge in [0.15, 0.2) is 0 Å². The lowest BCUT2D eigenvalue weighted by atomic mass is 9.97. The van der Waals surface area contributed by atoms with Crippen molar-refractivity contribution in [3.63, 3.8) is 0 Å². The molecule has 13 heavy (non-hydrogen) atoms. The Bertz CT molecular complexity index is 297. The maximum Gasteiger partial charge on any atom is 0.116 e. The minimum atomic E-state index is -0.237. The second kappa shape index (κ2) is 3.23. The maximum atomic E-state index is 8.76. The first-order valence-electron chi connectivity index (χ1n) is 4.51. The Morgan fingerprint density at radius 3 is 2.92 bits per heavy atom. The third-order valence-electron chi connectivity index (χ3n) is 2.22. The van der Waals surface area contributed by atoms with Crippen LogP contribution < -0.4 is 5.73 Å². The molecule has 3 nitrogen and oxygen atoms in total. The average molecular weight is 176 g/mol. The van der Waals surface area contributed by atoms with Crippen LogP contribution in [0.1, 0.15) is 12.8 Å². The van der Waals surface area contributed by atoms with E-state index in [1.165, 1.54) is 0 Å². The Morgan fingerprint density at radius 2 is 2.31 bits per heavy atom. The summed E-state index contributed by atoms with van der Waals surface area (Å²) >= 11 is 0. The molecule has 2 unspecified atom stereocenters.